The Labute approximate surface area is 127 Å². The lowest BCUT2D eigenvalue weighted by atomic mass is 9.97. The van der Waals surface area contributed by atoms with Crippen LogP contribution in [-0.2, 0) is 19.0 Å². The smallest absolute Gasteiger partial charge is 0.306 e. The summed E-state index contributed by atoms with van der Waals surface area (Å²) in [5, 5.41) is 9.35. The molecule has 1 fully saturated rings. The molecule has 0 aromatic rings. The second-order valence-electron chi connectivity index (χ2n) is 5.89. The number of aliphatic hydroxyl groups is 1. The van der Waals surface area contributed by atoms with E-state index >= 15 is 0 Å². The van der Waals surface area contributed by atoms with E-state index in [1.54, 1.807) is 0 Å². The van der Waals surface area contributed by atoms with Crippen LogP contribution in [0.3, 0.4) is 0 Å². The van der Waals surface area contributed by atoms with Crippen molar-refractivity contribution in [2.24, 2.45) is 5.92 Å². The van der Waals surface area contributed by atoms with Crippen molar-refractivity contribution in [3.63, 3.8) is 0 Å². The van der Waals surface area contributed by atoms with Gasteiger partial charge in [0.2, 0.25) is 0 Å². The molecular weight excluding hydrogens is 272 g/mol. The first kappa shape index (κ1) is 18.1. The normalized spacial score (nSPS) is 26.1. The number of allylic oxidation sites excluding steroid dienone is 1. The highest BCUT2D eigenvalue weighted by Gasteiger charge is 2.39. The molecule has 0 amide bonds. The van der Waals surface area contributed by atoms with Crippen molar-refractivity contribution in [3.8, 4) is 0 Å². The molecule has 0 aliphatic carbocycles. The molecule has 0 spiro atoms. The van der Waals surface area contributed by atoms with Crippen molar-refractivity contribution in [3.05, 3.63) is 12.2 Å². The first-order valence-corrected chi connectivity index (χ1v) is 7.63. The van der Waals surface area contributed by atoms with Gasteiger partial charge in [0.25, 0.3) is 0 Å². The number of methoxy groups -OCH3 is 1. The Morgan fingerprint density at radius 1 is 1.43 bits per heavy atom. The minimum atomic E-state index is -0.691. The number of rotatable bonds is 8. The fourth-order valence-corrected chi connectivity index (χ4v) is 2.46. The van der Waals surface area contributed by atoms with Gasteiger partial charge in [0, 0.05) is 0 Å². The SMILES string of the molecule is CCCCC(/C=C/C1OC(C)(C)OC1CO)CC(=O)OC. The summed E-state index contributed by atoms with van der Waals surface area (Å²) in [4.78, 5) is 11.5. The van der Waals surface area contributed by atoms with Gasteiger partial charge in [-0.25, -0.2) is 0 Å². The van der Waals surface area contributed by atoms with Gasteiger partial charge in [-0.3, -0.25) is 4.79 Å². The number of esters is 1. The van der Waals surface area contributed by atoms with Crippen molar-refractivity contribution in [2.75, 3.05) is 13.7 Å². The van der Waals surface area contributed by atoms with Gasteiger partial charge < -0.3 is 19.3 Å². The molecule has 1 N–H and O–H groups in total. The van der Waals surface area contributed by atoms with Crippen LogP contribution in [0.15, 0.2) is 12.2 Å². The number of ether oxygens (including phenoxy) is 3. The third kappa shape index (κ3) is 6.16. The van der Waals surface area contributed by atoms with E-state index in [4.69, 9.17) is 14.2 Å². The van der Waals surface area contributed by atoms with Crippen LogP contribution < -0.4 is 0 Å². The molecule has 1 rings (SSSR count). The number of hydrogen-bond acceptors (Lipinski definition) is 5. The summed E-state index contributed by atoms with van der Waals surface area (Å²) in [6, 6.07) is 0. The van der Waals surface area contributed by atoms with Gasteiger partial charge in [-0.05, 0) is 26.2 Å². The number of unbranched alkanes of at least 4 members (excludes halogenated alkanes) is 1. The molecule has 1 saturated heterocycles. The average molecular weight is 300 g/mol. The molecule has 0 bridgehead atoms. The molecule has 0 aromatic carbocycles. The van der Waals surface area contributed by atoms with Gasteiger partial charge >= 0.3 is 5.97 Å². The van der Waals surface area contributed by atoms with E-state index in [2.05, 4.69) is 6.92 Å². The van der Waals surface area contributed by atoms with Gasteiger partial charge in [0.1, 0.15) is 12.2 Å². The third-order valence-electron chi connectivity index (χ3n) is 3.56. The molecule has 3 unspecified atom stereocenters. The van der Waals surface area contributed by atoms with Gasteiger partial charge in [-0.2, -0.15) is 0 Å². The summed E-state index contributed by atoms with van der Waals surface area (Å²) in [5.41, 5.74) is 0. The number of carbonyl (C=O) groups is 1. The Morgan fingerprint density at radius 3 is 2.71 bits per heavy atom. The predicted molar refractivity (Wildman–Crippen MR) is 79.7 cm³/mol. The molecule has 0 aromatic heterocycles. The van der Waals surface area contributed by atoms with Gasteiger partial charge in [0.15, 0.2) is 5.79 Å². The summed E-state index contributed by atoms with van der Waals surface area (Å²) in [7, 11) is 1.40. The van der Waals surface area contributed by atoms with Crippen molar-refractivity contribution >= 4 is 5.97 Å². The zero-order valence-corrected chi connectivity index (χ0v) is 13.5. The monoisotopic (exact) mass is 300 g/mol. The summed E-state index contributed by atoms with van der Waals surface area (Å²) >= 11 is 0. The molecule has 5 heteroatoms. The van der Waals surface area contributed by atoms with Crippen LogP contribution in [0.5, 0.6) is 0 Å². The lowest BCUT2D eigenvalue weighted by Gasteiger charge is -2.16. The quantitative estimate of drug-likeness (QED) is 0.551. The van der Waals surface area contributed by atoms with E-state index in [1.807, 2.05) is 26.0 Å². The highest BCUT2D eigenvalue weighted by Crippen LogP contribution is 2.29. The topological polar surface area (TPSA) is 65.0 Å². The Hall–Kier alpha value is -0.910. The Morgan fingerprint density at radius 2 is 2.14 bits per heavy atom. The molecule has 5 nitrogen and oxygen atoms in total. The lowest BCUT2D eigenvalue weighted by molar-refractivity contribution is -0.146. The van der Waals surface area contributed by atoms with Crippen LogP contribution in [0.25, 0.3) is 0 Å². The van der Waals surface area contributed by atoms with Crippen LogP contribution in [0.4, 0.5) is 0 Å². The summed E-state index contributed by atoms with van der Waals surface area (Å²) < 4.78 is 16.1. The predicted octanol–water partition coefficient (Wildman–Crippen LogP) is 2.42. The minimum Gasteiger partial charge on any atom is -0.469 e. The van der Waals surface area contributed by atoms with E-state index in [9.17, 15) is 9.90 Å². The number of carbonyl (C=O) groups excluding carboxylic acids is 1. The summed E-state index contributed by atoms with van der Waals surface area (Å²) in [6.07, 6.45) is 6.69. The van der Waals surface area contributed by atoms with Crippen LogP contribution in [0, 0.1) is 5.92 Å². The van der Waals surface area contributed by atoms with E-state index in [-0.39, 0.29) is 30.7 Å². The first-order chi connectivity index (χ1) is 9.91. The Balaban J connectivity index is 2.65. The second-order valence-corrected chi connectivity index (χ2v) is 5.89. The number of hydrogen-bond donors (Lipinski definition) is 1. The van der Waals surface area contributed by atoms with Crippen molar-refractivity contribution in [2.45, 2.75) is 64.4 Å². The molecular formula is C16H28O5. The lowest BCUT2D eigenvalue weighted by Crippen LogP contribution is -2.25. The minimum absolute atomic E-state index is 0.0882. The standard InChI is InChI=1S/C16H28O5/c1-5-6-7-12(10-15(18)19-4)8-9-13-14(11-17)21-16(2,3)20-13/h8-9,12-14,17H,5-7,10-11H2,1-4H3/b9-8+. The van der Waals surface area contributed by atoms with E-state index in [1.165, 1.54) is 7.11 Å². The molecule has 0 saturated carbocycles. The molecule has 21 heavy (non-hydrogen) atoms. The maximum absolute atomic E-state index is 11.5. The maximum Gasteiger partial charge on any atom is 0.306 e. The van der Waals surface area contributed by atoms with Crippen LogP contribution in [0.1, 0.15) is 46.5 Å². The highest BCUT2D eigenvalue weighted by molar-refractivity contribution is 5.69. The third-order valence-corrected chi connectivity index (χ3v) is 3.56. The Kier molecular flexibility index (Phi) is 7.35. The molecule has 122 valence electrons. The zero-order chi connectivity index (χ0) is 15.9. The highest BCUT2D eigenvalue weighted by atomic mass is 16.8. The molecule has 3 atom stereocenters. The maximum atomic E-state index is 11.5. The number of aliphatic hydroxyl groups excluding tert-OH is 1. The molecule has 1 aliphatic rings. The van der Waals surface area contributed by atoms with E-state index in [0.29, 0.717) is 6.42 Å². The van der Waals surface area contributed by atoms with E-state index in [0.717, 1.165) is 19.3 Å². The van der Waals surface area contributed by atoms with Gasteiger partial charge in [-0.15, -0.1) is 0 Å². The molecule has 1 aliphatic heterocycles. The summed E-state index contributed by atoms with van der Waals surface area (Å²) in [6.45, 7) is 5.69. The van der Waals surface area contributed by atoms with Crippen molar-refractivity contribution < 1.29 is 24.1 Å². The summed E-state index contributed by atoms with van der Waals surface area (Å²) in [5.74, 6) is -0.767. The average Bonchev–Trinajstić information content (AvgIpc) is 2.75. The zero-order valence-electron chi connectivity index (χ0n) is 13.5. The molecule has 1 heterocycles. The first-order valence-electron chi connectivity index (χ1n) is 7.63. The van der Waals surface area contributed by atoms with Gasteiger partial charge in [-0.1, -0.05) is 31.9 Å². The fourth-order valence-electron chi connectivity index (χ4n) is 2.46. The van der Waals surface area contributed by atoms with Gasteiger partial charge in [0.05, 0.1) is 20.1 Å². The fraction of sp³-hybridized carbons (Fsp3) is 0.812. The Bertz CT molecular complexity index is 351. The second kappa shape index (κ2) is 8.51. The van der Waals surface area contributed by atoms with Crippen LogP contribution >= 0.6 is 0 Å². The van der Waals surface area contributed by atoms with Crippen molar-refractivity contribution in [1.82, 2.24) is 0 Å². The van der Waals surface area contributed by atoms with E-state index < -0.39 is 5.79 Å². The van der Waals surface area contributed by atoms with Crippen LogP contribution in [-0.4, -0.2) is 42.8 Å². The van der Waals surface area contributed by atoms with Crippen LogP contribution in [0.2, 0.25) is 0 Å². The largest absolute Gasteiger partial charge is 0.469 e. The van der Waals surface area contributed by atoms with Crippen molar-refractivity contribution in [1.29, 1.82) is 0 Å². The molecule has 0 radical (unpaired) electrons.